The summed E-state index contributed by atoms with van der Waals surface area (Å²) in [5.41, 5.74) is 3.34. The van der Waals surface area contributed by atoms with Crippen LogP contribution in [0.2, 0.25) is 0 Å². The Bertz CT molecular complexity index is 790. The molecule has 2 N–H and O–H groups in total. The zero-order valence-electron chi connectivity index (χ0n) is 18.3. The topological polar surface area (TPSA) is 58.1 Å². The lowest BCUT2D eigenvalue weighted by molar-refractivity contribution is 0.259. The van der Waals surface area contributed by atoms with Gasteiger partial charge in [-0.15, -0.1) is 0 Å². The van der Waals surface area contributed by atoms with Crippen LogP contribution in [-0.2, 0) is 13.1 Å². The highest BCUT2D eigenvalue weighted by atomic mass is 16.5. The van der Waals surface area contributed by atoms with Gasteiger partial charge in [-0.3, -0.25) is 0 Å². The van der Waals surface area contributed by atoms with Gasteiger partial charge in [0.1, 0.15) is 18.1 Å². The van der Waals surface area contributed by atoms with Crippen LogP contribution in [0.15, 0.2) is 47.5 Å². The number of methoxy groups -OCH3 is 1. The summed E-state index contributed by atoms with van der Waals surface area (Å²) >= 11 is 0. The minimum Gasteiger partial charge on any atom is -0.496 e. The van der Waals surface area contributed by atoms with Crippen LogP contribution >= 0.6 is 0 Å². The normalized spacial score (nSPS) is 11.4. The van der Waals surface area contributed by atoms with E-state index in [4.69, 9.17) is 14.5 Å². The Kier molecular flexibility index (Phi) is 9.31. The molecule has 0 aliphatic rings. The predicted octanol–water partition coefficient (Wildman–Crippen LogP) is 3.20. The highest BCUT2D eigenvalue weighted by molar-refractivity contribution is 5.79. The van der Waals surface area contributed by atoms with E-state index in [1.165, 1.54) is 5.56 Å². The summed E-state index contributed by atoms with van der Waals surface area (Å²) in [5, 5.41) is 6.69. The van der Waals surface area contributed by atoms with Crippen LogP contribution < -0.4 is 20.1 Å². The number of benzene rings is 2. The zero-order chi connectivity index (χ0) is 21.1. The van der Waals surface area contributed by atoms with Crippen molar-refractivity contribution >= 4 is 5.96 Å². The van der Waals surface area contributed by atoms with Crippen LogP contribution in [0.5, 0.6) is 11.5 Å². The average Bonchev–Trinajstić information content (AvgIpc) is 2.71. The Morgan fingerprint density at radius 1 is 1.03 bits per heavy atom. The van der Waals surface area contributed by atoms with Gasteiger partial charge in [0.15, 0.2) is 5.96 Å². The first kappa shape index (κ1) is 22.6. The summed E-state index contributed by atoms with van der Waals surface area (Å²) in [7, 11) is 5.78. The van der Waals surface area contributed by atoms with E-state index in [-0.39, 0.29) is 0 Å². The third kappa shape index (κ3) is 7.66. The Morgan fingerprint density at radius 3 is 2.55 bits per heavy atom. The quantitative estimate of drug-likeness (QED) is 0.475. The fraction of sp³-hybridized carbons (Fsp3) is 0.435. The number of guanidine groups is 1. The SMILES string of the molecule is CCNC(=NCc1ccccc1OCCN(C)C)NCc1ccc(C)cc1OC. The molecule has 2 rings (SSSR count). The van der Waals surface area contributed by atoms with Gasteiger partial charge in [-0.1, -0.05) is 30.3 Å². The molecule has 2 aromatic rings. The van der Waals surface area contributed by atoms with Crippen LogP contribution in [0.1, 0.15) is 23.6 Å². The van der Waals surface area contributed by atoms with Gasteiger partial charge in [-0.25, -0.2) is 4.99 Å². The molecular formula is C23H34N4O2. The number of rotatable bonds is 10. The molecule has 0 unspecified atom stereocenters. The van der Waals surface area contributed by atoms with Crippen molar-refractivity contribution in [1.29, 1.82) is 0 Å². The second kappa shape index (κ2) is 12.0. The van der Waals surface area contributed by atoms with Crippen molar-refractivity contribution in [2.45, 2.75) is 26.9 Å². The molecule has 6 heteroatoms. The third-order valence-corrected chi connectivity index (χ3v) is 4.41. The number of hydrogen-bond donors (Lipinski definition) is 2. The van der Waals surface area contributed by atoms with E-state index in [2.05, 4.69) is 47.6 Å². The maximum absolute atomic E-state index is 5.94. The smallest absolute Gasteiger partial charge is 0.191 e. The molecule has 0 aliphatic heterocycles. The summed E-state index contributed by atoms with van der Waals surface area (Å²) in [5.74, 6) is 2.53. The molecule has 0 radical (unpaired) electrons. The monoisotopic (exact) mass is 398 g/mol. The molecular weight excluding hydrogens is 364 g/mol. The summed E-state index contributed by atoms with van der Waals surface area (Å²) in [6, 6.07) is 14.3. The van der Waals surface area contributed by atoms with E-state index in [1.807, 2.05) is 38.4 Å². The number of nitrogens with zero attached hydrogens (tertiary/aromatic N) is 2. The third-order valence-electron chi connectivity index (χ3n) is 4.41. The molecule has 0 saturated heterocycles. The minimum atomic E-state index is 0.540. The van der Waals surface area contributed by atoms with Crippen molar-refractivity contribution in [3.8, 4) is 11.5 Å². The van der Waals surface area contributed by atoms with E-state index < -0.39 is 0 Å². The Hall–Kier alpha value is -2.73. The Balaban J connectivity index is 2.04. The number of nitrogens with one attached hydrogen (secondary N) is 2. The van der Waals surface area contributed by atoms with Gasteiger partial charge in [0.25, 0.3) is 0 Å². The van der Waals surface area contributed by atoms with Crippen molar-refractivity contribution < 1.29 is 9.47 Å². The summed E-state index contributed by atoms with van der Waals surface area (Å²) in [6.45, 7) is 7.61. The second-order valence-electron chi connectivity index (χ2n) is 7.12. The lowest BCUT2D eigenvalue weighted by Gasteiger charge is -2.15. The van der Waals surface area contributed by atoms with Crippen LogP contribution in [0.25, 0.3) is 0 Å². The first-order valence-corrected chi connectivity index (χ1v) is 10.0. The maximum Gasteiger partial charge on any atom is 0.191 e. The van der Waals surface area contributed by atoms with Crippen LogP contribution in [0.3, 0.4) is 0 Å². The molecule has 0 atom stereocenters. The Morgan fingerprint density at radius 2 is 1.83 bits per heavy atom. The summed E-state index contributed by atoms with van der Waals surface area (Å²) in [6.07, 6.45) is 0. The van der Waals surface area contributed by atoms with Crippen LogP contribution in [0.4, 0.5) is 0 Å². The van der Waals surface area contributed by atoms with Crippen molar-refractivity contribution in [2.24, 2.45) is 4.99 Å². The molecule has 0 saturated carbocycles. The van der Waals surface area contributed by atoms with E-state index in [1.54, 1.807) is 7.11 Å². The molecule has 0 aromatic heterocycles. The molecule has 0 fully saturated rings. The molecule has 0 bridgehead atoms. The highest BCUT2D eigenvalue weighted by Gasteiger charge is 2.06. The van der Waals surface area contributed by atoms with Gasteiger partial charge in [0.2, 0.25) is 0 Å². The fourth-order valence-corrected chi connectivity index (χ4v) is 2.80. The average molecular weight is 399 g/mol. The zero-order valence-corrected chi connectivity index (χ0v) is 18.3. The van der Waals surface area contributed by atoms with Gasteiger partial charge in [-0.05, 0) is 45.6 Å². The maximum atomic E-state index is 5.94. The molecule has 158 valence electrons. The molecule has 29 heavy (non-hydrogen) atoms. The second-order valence-corrected chi connectivity index (χ2v) is 7.12. The van der Waals surface area contributed by atoms with Crippen LogP contribution in [0, 0.1) is 6.92 Å². The molecule has 0 amide bonds. The van der Waals surface area contributed by atoms with Gasteiger partial charge >= 0.3 is 0 Å². The van der Waals surface area contributed by atoms with E-state index in [0.29, 0.717) is 19.7 Å². The van der Waals surface area contributed by atoms with Crippen molar-refractivity contribution in [1.82, 2.24) is 15.5 Å². The number of likely N-dealkylation sites (N-methyl/N-ethyl adjacent to an activating group) is 1. The van der Waals surface area contributed by atoms with E-state index >= 15 is 0 Å². The van der Waals surface area contributed by atoms with Gasteiger partial charge in [0, 0.05) is 30.8 Å². The van der Waals surface area contributed by atoms with E-state index in [9.17, 15) is 0 Å². The van der Waals surface area contributed by atoms with Crippen molar-refractivity contribution in [3.05, 3.63) is 59.2 Å². The van der Waals surface area contributed by atoms with Gasteiger partial charge in [0.05, 0.1) is 13.7 Å². The largest absolute Gasteiger partial charge is 0.496 e. The minimum absolute atomic E-state index is 0.540. The standard InChI is InChI=1S/C23H34N4O2/c1-6-24-23(26-17-20-12-11-18(2)15-22(20)28-5)25-16-19-9-7-8-10-21(19)29-14-13-27(3)4/h7-12,15H,6,13-14,16-17H2,1-5H3,(H2,24,25,26). The Labute approximate surface area is 174 Å². The molecule has 2 aromatic carbocycles. The summed E-state index contributed by atoms with van der Waals surface area (Å²) < 4.78 is 11.4. The number of ether oxygens (including phenoxy) is 2. The fourth-order valence-electron chi connectivity index (χ4n) is 2.80. The van der Waals surface area contributed by atoms with Crippen molar-refractivity contribution in [3.63, 3.8) is 0 Å². The first-order chi connectivity index (χ1) is 14.0. The lowest BCUT2D eigenvalue weighted by Crippen LogP contribution is -2.36. The molecule has 0 heterocycles. The van der Waals surface area contributed by atoms with Crippen LogP contribution in [-0.4, -0.2) is 51.8 Å². The molecule has 0 aliphatic carbocycles. The number of aliphatic imine (C=N–C) groups is 1. The number of hydrogen-bond acceptors (Lipinski definition) is 4. The lowest BCUT2D eigenvalue weighted by atomic mass is 10.1. The number of aryl methyl sites for hydroxylation is 1. The van der Waals surface area contributed by atoms with Gasteiger partial charge in [-0.2, -0.15) is 0 Å². The van der Waals surface area contributed by atoms with Gasteiger partial charge < -0.3 is 25.0 Å². The molecule has 0 spiro atoms. The van der Waals surface area contributed by atoms with Crippen molar-refractivity contribution in [2.75, 3.05) is 40.9 Å². The predicted molar refractivity (Wildman–Crippen MR) is 120 cm³/mol. The molecule has 6 nitrogen and oxygen atoms in total. The highest BCUT2D eigenvalue weighted by Crippen LogP contribution is 2.20. The first-order valence-electron chi connectivity index (χ1n) is 10.0. The number of para-hydroxylation sites is 1. The van der Waals surface area contributed by atoms with E-state index in [0.717, 1.165) is 41.7 Å². The summed E-state index contributed by atoms with van der Waals surface area (Å²) in [4.78, 5) is 6.84.